The van der Waals surface area contributed by atoms with Crippen molar-refractivity contribution in [2.75, 3.05) is 41.0 Å². The number of unbranched alkanes of at least 4 members (excludes halogenated alkanes) is 9. The molecule has 0 rings (SSSR count). The van der Waals surface area contributed by atoms with Gasteiger partial charge in [-0.3, -0.25) is 9.59 Å². The van der Waals surface area contributed by atoms with Crippen LogP contribution >= 0.6 is 0 Å². The van der Waals surface area contributed by atoms with E-state index in [2.05, 4.69) is 38.2 Å². The Balaban J connectivity index is 4.56. The van der Waals surface area contributed by atoms with E-state index in [0.717, 1.165) is 25.7 Å². The molecule has 0 bridgehead atoms. The summed E-state index contributed by atoms with van der Waals surface area (Å²) in [6, 6.07) is -0.734. The molecule has 0 aliphatic carbocycles. The van der Waals surface area contributed by atoms with Gasteiger partial charge in [-0.15, -0.1) is 0 Å². The fourth-order valence-corrected chi connectivity index (χ4v) is 4.55. The highest BCUT2D eigenvalue weighted by atomic mass is 16.6. The van der Waals surface area contributed by atoms with Crippen LogP contribution in [0.1, 0.15) is 123 Å². The SMILES string of the molecule is CCCCC/C=C/CCC(=O)OC(COCCC(C(=O)[O-])[N+](C)(C)C)COC(=O)CC/C=C/C/C=C/CCCCCCCC. The van der Waals surface area contributed by atoms with E-state index in [-0.39, 0.29) is 55.5 Å². The molecule has 2 unspecified atom stereocenters. The van der Waals surface area contributed by atoms with E-state index in [9.17, 15) is 19.5 Å². The monoisotopic (exact) mass is 621 g/mol. The van der Waals surface area contributed by atoms with Crippen molar-refractivity contribution in [1.82, 2.24) is 0 Å². The molecule has 2 atom stereocenters. The predicted molar refractivity (Wildman–Crippen MR) is 176 cm³/mol. The zero-order valence-electron chi connectivity index (χ0n) is 28.6. The number of carbonyl (C=O) groups excluding carboxylic acids is 3. The van der Waals surface area contributed by atoms with Gasteiger partial charge in [0.1, 0.15) is 12.6 Å². The molecule has 0 saturated carbocycles. The van der Waals surface area contributed by atoms with E-state index in [4.69, 9.17) is 14.2 Å². The van der Waals surface area contributed by atoms with Crippen LogP contribution in [0.25, 0.3) is 0 Å². The van der Waals surface area contributed by atoms with Gasteiger partial charge >= 0.3 is 11.9 Å². The summed E-state index contributed by atoms with van der Waals surface area (Å²) < 4.78 is 16.8. The van der Waals surface area contributed by atoms with E-state index in [1.54, 1.807) is 21.1 Å². The number of nitrogens with zero attached hydrogens (tertiary/aromatic N) is 1. The number of hydrogen-bond acceptors (Lipinski definition) is 7. The van der Waals surface area contributed by atoms with E-state index < -0.39 is 18.1 Å². The lowest BCUT2D eigenvalue weighted by molar-refractivity contribution is -0.889. The van der Waals surface area contributed by atoms with Gasteiger partial charge in [0.05, 0.1) is 40.3 Å². The number of allylic oxidation sites excluding steroid dienone is 6. The number of esters is 2. The summed E-state index contributed by atoms with van der Waals surface area (Å²) in [5.74, 6) is -1.90. The Bertz CT molecular complexity index is 829. The molecule has 8 nitrogen and oxygen atoms in total. The molecule has 0 N–H and O–H groups in total. The zero-order valence-corrected chi connectivity index (χ0v) is 28.6. The van der Waals surface area contributed by atoms with Crippen molar-refractivity contribution in [3.63, 3.8) is 0 Å². The van der Waals surface area contributed by atoms with E-state index >= 15 is 0 Å². The minimum atomic E-state index is -1.14. The fraction of sp³-hybridized carbons (Fsp3) is 0.750. The number of quaternary nitrogens is 1. The lowest BCUT2D eigenvalue weighted by Crippen LogP contribution is -2.55. The maximum Gasteiger partial charge on any atom is 0.306 e. The Morgan fingerprint density at radius 3 is 1.84 bits per heavy atom. The van der Waals surface area contributed by atoms with Crippen molar-refractivity contribution in [1.29, 1.82) is 0 Å². The highest BCUT2D eigenvalue weighted by molar-refractivity contribution is 5.70. The van der Waals surface area contributed by atoms with Crippen molar-refractivity contribution in [3.8, 4) is 0 Å². The van der Waals surface area contributed by atoms with Gasteiger partial charge in [0.15, 0.2) is 6.10 Å². The summed E-state index contributed by atoms with van der Waals surface area (Å²) in [7, 11) is 5.35. The van der Waals surface area contributed by atoms with Crippen LogP contribution in [-0.4, -0.2) is 75.5 Å². The molecule has 0 spiro atoms. The molecule has 0 aromatic heterocycles. The Kier molecular flexibility index (Phi) is 26.5. The fourth-order valence-electron chi connectivity index (χ4n) is 4.55. The van der Waals surface area contributed by atoms with Gasteiger partial charge in [-0.1, -0.05) is 95.2 Å². The van der Waals surface area contributed by atoms with Gasteiger partial charge in [0.25, 0.3) is 0 Å². The Morgan fingerprint density at radius 1 is 0.682 bits per heavy atom. The van der Waals surface area contributed by atoms with E-state index in [1.807, 2.05) is 12.2 Å². The molecule has 254 valence electrons. The summed E-state index contributed by atoms with van der Waals surface area (Å²) in [6.07, 6.45) is 27.9. The number of carboxylic acids is 1. The molecular weight excluding hydrogens is 558 g/mol. The average molecular weight is 622 g/mol. The maximum absolute atomic E-state index is 12.4. The van der Waals surface area contributed by atoms with Gasteiger partial charge in [0.2, 0.25) is 0 Å². The second-order valence-corrected chi connectivity index (χ2v) is 12.4. The van der Waals surface area contributed by atoms with Gasteiger partial charge in [-0.05, 0) is 44.9 Å². The first-order valence-electron chi connectivity index (χ1n) is 17.0. The minimum absolute atomic E-state index is 0.00770. The highest BCUT2D eigenvalue weighted by Gasteiger charge is 2.25. The standard InChI is InChI=1S/C36H63NO7/c1-6-8-10-12-14-15-16-17-18-19-21-22-24-26-34(38)43-31-32(30-42-29-28-33(36(40)41)37(3,4)5)44-35(39)27-25-23-20-13-11-9-7-2/h17-18,20-23,32-33H,6-16,19,24-31H2,1-5H3/b18-17+,22-21+,23-20+. The van der Waals surface area contributed by atoms with Crippen LogP contribution in [0.15, 0.2) is 36.5 Å². The number of carboxylic acid groups (broad SMARTS) is 1. The second kappa shape index (κ2) is 28.1. The van der Waals surface area contributed by atoms with Gasteiger partial charge in [0, 0.05) is 19.3 Å². The van der Waals surface area contributed by atoms with E-state index in [0.29, 0.717) is 12.8 Å². The smallest absolute Gasteiger partial charge is 0.306 e. The van der Waals surface area contributed by atoms with Crippen LogP contribution in [0.4, 0.5) is 0 Å². The normalized spacial score (nSPS) is 13.6. The quantitative estimate of drug-likeness (QED) is 0.0400. The molecule has 0 aliphatic rings. The Morgan fingerprint density at radius 2 is 1.20 bits per heavy atom. The molecule has 0 aromatic carbocycles. The highest BCUT2D eigenvalue weighted by Crippen LogP contribution is 2.10. The molecule has 0 saturated heterocycles. The molecule has 0 heterocycles. The van der Waals surface area contributed by atoms with Crippen LogP contribution in [0.2, 0.25) is 0 Å². The third-order valence-electron chi connectivity index (χ3n) is 7.28. The lowest BCUT2D eigenvalue weighted by atomic mass is 10.1. The number of carbonyl (C=O) groups is 3. The number of rotatable bonds is 29. The van der Waals surface area contributed by atoms with Crippen LogP contribution < -0.4 is 5.11 Å². The number of hydrogen-bond donors (Lipinski definition) is 0. The molecule has 0 aliphatic heterocycles. The molecule has 0 aromatic rings. The summed E-state index contributed by atoms with van der Waals surface area (Å²) in [6.45, 7) is 4.44. The third-order valence-corrected chi connectivity index (χ3v) is 7.28. The molecule has 0 fully saturated rings. The first-order valence-corrected chi connectivity index (χ1v) is 17.0. The molecule has 8 heteroatoms. The van der Waals surface area contributed by atoms with Crippen molar-refractivity contribution in [2.45, 2.75) is 135 Å². The predicted octanol–water partition coefficient (Wildman–Crippen LogP) is 6.62. The van der Waals surface area contributed by atoms with Crippen molar-refractivity contribution in [2.24, 2.45) is 0 Å². The molecule has 0 amide bonds. The zero-order chi connectivity index (χ0) is 32.9. The molecular formula is C36H63NO7. The lowest BCUT2D eigenvalue weighted by Gasteiger charge is -2.34. The maximum atomic E-state index is 12.4. The summed E-state index contributed by atoms with van der Waals surface area (Å²) >= 11 is 0. The van der Waals surface area contributed by atoms with Crippen molar-refractivity contribution < 1.29 is 38.2 Å². The minimum Gasteiger partial charge on any atom is -0.544 e. The largest absolute Gasteiger partial charge is 0.544 e. The first kappa shape index (κ1) is 41.5. The van der Waals surface area contributed by atoms with Crippen molar-refractivity contribution in [3.05, 3.63) is 36.5 Å². The third kappa shape index (κ3) is 26.0. The first-order chi connectivity index (χ1) is 21.1. The van der Waals surface area contributed by atoms with E-state index in [1.165, 1.54) is 51.4 Å². The number of likely N-dealkylation sites (N-methyl/N-ethyl adjacent to an activating group) is 1. The van der Waals surface area contributed by atoms with Crippen LogP contribution in [0.3, 0.4) is 0 Å². The average Bonchev–Trinajstić information content (AvgIpc) is 2.96. The van der Waals surface area contributed by atoms with Crippen LogP contribution in [0.5, 0.6) is 0 Å². The summed E-state index contributed by atoms with van der Waals surface area (Å²) in [4.78, 5) is 36.3. The summed E-state index contributed by atoms with van der Waals surface area (Å²) in [5, 5.41) is 11.5. The van der Waals surface area contributed by atoms with Gasteiger partial charge in [-0.25, -0.2) is 0 Å². The van der Waals surface area contributed by atoms with Gasteiger partial charge in [-0.2, -0.15) is 0 Å². The molecule has 0 radical (unpaired) electrons. The second-order valence-electron chi connectivity index (χ2n) is 12.4. The molecule has 44 heavy (non-hydrogen) atoms. The van der Waals surface area contributed by atoms with Crippen molar-refractivity contribution >= 4 is 17.9 Å². The Hall–Kier alpha value is -2.45. The van der Waals surface area contributed by atoms with Crippen LogP contribution in [-0.2, 0) is 28.6 Å². The van der Waals surface area contributed by atoms with Crippen LogP contribution in [0, 0.1) is 0 Å². The number of ether oxygens (including phenoxy) is 3. The topological polar surface area (TPSA) is 102 Å². The number of aliphatic carboxylic acids is 1. The summed E-state index contributed by atoms with van der Waals surface area (Å²) in [5.41, 5.74) is 0. The van der Waals surface area contributed by atoms with Gasteiger partial charge < -0.3 is 28.6 Å². The Labute approximate surface area is 268 Å².